The van der Waals surface area contributed by atoms with Crippen LogP contribution < -0.4 is 10.5 Å². The lowest BCUT2D eigenvalue weighted by Gasteiger charge is -2.14. The van der Waals surface area contributed by atoms with Gasteiger partial charge < -0.3 is 10.1 Å². The third-order valence-electron chi connectivity index (χ3n) is 5.17. The van der Waals surface area contributed by atoms with Gasteiger partial charge in [0.1, 0.15) is 0 Å². The van der Waals surface area contributed by atoms with Crippen molar-refractivity contribution in [1.82, 2.24) is 4.98 Å². The number of rotatable bonds is 6. The summed E-state index contributed by atoms with van der Waals surface area (Å²) in [6.45, 7) is 1.23. The molecule has 0 saturated carbocycles. The van der Waals surface area contributed by atoms with Gasteiger partial charge in [-0.3, -0.25) is 4.79 Å². The topological polar surface area (TPSA) is 128 Å². The molecule has 0 saturated heterocycles. The first-order valence-corrected chi connectivity index (χ1v) is 11.8. The van der Waals surface area contributed by atoms with Crippen molar-refractivity contribution in [2.45, 2.75) is 11.8 Å². The van der Waals surface area contributed by atoms with E-state index in [2.05, 4.69) is 5.32 Å². The highest BCUT2D eigenvalue weighted by atomic mass is 32.2. The number of nitrogens with two attached hydrogens (primary N) is 1. The lowest BCUT2D eigenvalue weighted by Crippen LogP contribution is -2.22. The predicted molar refractivity (Wildman–Crippen MR) is 129 cm³/mol. The Kier molecular flexibility index (Phi) is 6.40. The zero-order chi connectivity index (χ0) is 24.3. The Labute approximate surface area is 196 Å². The Hall–Kier alpha value is -4.08. The maximum atomic E-state index is 13.1. The van der Waals surface area contributed by atoms with Crippen LogP contribution in [0.4, 0.5) is 5.69 Å². The highest BCUT2D eigenvalue weighted by Crippen LogP contribution is 2.30. The number of pyridine rings is 1. The Morgan fingerprint density at radius 3 is 2.41 bits per heavy atom. The summed E-state index contributed by atoms with van der Waals surface area (Å²) in [5.74, 6) is -1.29. The van der Waals surface area contributed by atoms with Crippen molar-refractivity contribution >= 4 is 38.5 Å². The van der Waals surface area contributed by atoms with E-state index in [4.69, 9.17) is 14.9 Å². The molecule has 3 N–H and O–H groups in total. The molecular formula is C25H21N3O5S. The number of esters is 1. The number of hydrogen-bond donors (Lipinski definition) is 2. The van der Waals surface area contributed by atoms with Crippen molar-refractivity contribution in [3.8, 4) is 11.3 Å². The van der Waals surface area contributed by atoms with E-state index in [-0.39, 0.29) is 10.6 Å². The van der Waals surface area contributed by atoms with Crippen LogP contribution in [0.5, 0.6) is 0 Å². The average Bonchev–Trinajstić information content (AvgIpc) is 2.82. The van der Waals surface area contributed by atoms with Gasteiger partial charge in [0, 0.05) is 16.6 Å². The van der Waals surface area contributed by atoms with Crippen LogP contribution in [0.25, 0.3) is 22.2 Å². The van der Waals surface area contributed by atoms with E-state index < -0.39 is 28.5 Å². The fourth-order valence-electron chi connectivity index (χ4n) is 3.60. The normalized spacial score (nSPS) is 11.2. The van der Waals surface area contributed by atoms with Gasteiger partial charge >= 0.3 is 5.97 Å². The van der Waals surface area contributed by atoms with E-state index in [1.807, 2.05) is 42.5 Å². The van der Waals surface area contributed by atoms with Gasteiger partial charge in [-0.05, 0) is 36.8 Å². The molecule has 3 aromatic carbocycles. The van der Waals surface area contributed by atoms with E-state index in [0.29, 0.717) is 27.7 Å². The molecule has 0 bridgehead atoms. The molecule has 0 aliphatic rings. The Balaban J connectivity index is 1.58. The van der Waals surface area contributed by atoms with Crippen LogP contribution in [0.2, 0.25) is 0 Å². The number of benzene rings is 3. The van der Waals surface area contributed by atoms with Crippen molar-refractivity contribution in [2.24, 2.45) is 5.14 Å². The minimum atomic E-state index is -3.92. The molecule has 4 aromatic rings. The number of nitrogens with zero attached hydrogens (tertiary/aromatic N) is 1. The molecule has 1 heterocycles. The smallest absolute Gasteiger partial charge is 0.339 e. The zero-order valence-corrected chi connectivity index (χ0v) is 19.0. The zero-order valence-electron chi connectivity index (χ0n) is 18.2. The summed E-state index contributed by atoms with van der Waals surface area (Å²) in [5.41, 5.74) is 3.31. The van der Waals surface area contributed by atoms with Crippen molar-refractivity contribution in [3.63, 3.8) is 0 Å². The summed E-state index contributed by atoms with van der Waals surface area (Å²) >= 11 is 0. The van der Waals surface area contributed by atoms with Crippen molar-refractivity contribution in [3.05, 3.63) is 90.0 Å². The largest absolute Gasteiger partial charge is 0.452 e. The number of para-hydroxylation sites is 1. The van der Waals surface area contributed by atoms with Gasteiger partial charge in [-0.1, -0.05) is 54.6 Å². The molecule has 8 nitrogen and oxygen atoms in total. The Morgan fingerprint density at radius 2 is 1.68 bits per heavy atom. The van der Waals surface area contributed by atoms with E-state index >= 15 is 0 Å². The predicted octanol–water partition coefficient (Wildman–Crippen LogP) is 3.65. The number of hydrogen-bond acceptors (Lipinski definition) is 6. The standard InChI is InChI=1S/C25H21N3O5S/c1-16-23(20-12-5-6-13-21(20)28-24(16)17-8-3-2-4-9-17)25(30)33-15-22(29)27-18-10-7-11-19(14-18)34(26,31)32/h2-14H,15H2,1H3,(H,27,29)(H2,26,31,32). The average molecular weight is 476 g/mol. The minimum absolute atomic E-state index is 0.144. The molecule has 0 radical (unpaired) electrons. The second kappa shape index (κ2) is 9.42. The quantitative estimate of drug-likeness (QED) is 0.410. The second-order valence-electron chi connectivity index (χ2n) is 7.54. The number of fused-ring (bicyclic) bond motifs is 1. The van der Waals surface area contributed by atoms with Gasteiger partial charge in [0.05, 0.1) is 21.7 Å². The van der Waals surface area contributed by atoms with Gasteiger partial charge in [0.25, 0.3) is 5.91 Å². The van der Waals surface area contributed by atoms with Crippen LogP contribution >= 0.6 is 0 Å². The Morgan fingerprint density at radius 1 is 0.971 bits per heavy atom. The number of nitrogens with one attached hydrogen (secondary N) is 1. The number of carbonyl (C=O) groups excluding carboxylic acids is 2. The van der Waals surface area contributed by atoms with Crippen LogP contribution in [-0.2, 0) is 19.6 Å². The van der Waals surface area contributed by atoms with Crippen LogP contribution in [0.1, 0.15) is 15.9 Å². The van der Waals surface area contributed by atoms with Gasteiger partial charge in [0.2, 0.25) is 10.0 Å². The lowest BCUT2D eigenvalue weighted by atomic mass is 9.98. The molecule has 0 aliphatic heterocycles. The van der Waals surface area contributed by atoms with Crippen LogP contribution in [0.3, 0.4) is 0 Å². The van der Waals surface area contributed by atoms with Crippen LogP contribution in [0, 0.1) is 6.92 Å². The summed E-state index contributed by atoms with van der Waals surface area (Å²) in [7, 11) is -3.92. The maximum Gasteiger partial charge on any atom is 0.339 e. The molecule has 0 atom stereocenters. The molecular weight excluding hydrogens is 454 g/mol. The van der Waals surface area contributed by atoms with Gasteiger partial charge in [-0.2, -0.15) is 0 Å². The van der Waals surface area contributed by atoms with Crippen molar-refractivity contribution in [2.75, 3.05) is 11.9 Å². The van der Waals surface area contributed by atoms with Crippen LogP contribution in [-0.4, -0.2) is 31.9 Å². The van der Waals surface area contributed by atoms with Crippen molar-refractivity contribution in [1.29, 1.82) is 0 Å². The highest BCUT2D eigenvalue weighted by molar-refractivity contribution is 7.89. The van der Waals surface area contributed by atoms with Gasteiger partial charge in [-0.25, -0.2) is 23.3 Å². The second-order valence-corrected chi connectivity index (χ2v) is 9.10. The lowest BCUT2D eigenvalue weighted by molar-refractivity contribution is -0.119. The maximum absolute atomic E-state index is 13.1. The molecule has 0 unspecified atom stereocenters. The van der Waals surface area contributed by atoms with E-state index in [9.17, 15) is 18.0 Å². The number of amides is 1. The first kappa shape index (κ1) is 23.1. The SMILES string of the molecule is Cc1c(-c2ccccc2)nc2ccccc2c1C(=O)OCC(=O)Nc1cccc(S(N)(=O)=O)c1. The van der Waals surface area contributed by atoms with Gasteiger partial charge in [0.15, 0.2) is 6.61 Å². The summed E-state index contributed by atoms with van der Waals surface area (Å²) in [4.78, 5) is 30.0. The summed E-state index contributed by atoms with van der Waals surface area (Å²) < 4.78 is 28.3. The molecule has 1 aromatic heterocycles. The molecule has 4 rings (SSSR count). The van der Waals surface area contributed by atoms with Crippen LogP contribution in [0.15, 0.2) is 83.8 Å². The number of sulfonamides is 1. The van der Waals surface area contributed by atoms with Gasteiger partial charge in [-0.15, -0.1) is 0 Å². The number of aromatic nitrogens is 1. The highest BCUT2D eigenvalue weighted by Gasteiger charge is 2.21. The molecule has 0 spiro atoms. The van der Waals surface area contributed by atoms with Crippen molar-refractivity contribution < 1.29 is 22.7 Å². The minimum Gasteiger partial charge on any atom is -0.452 e. The number of anilines is 1. The fraction of sp³-hybridized carbons (Fsp3) is 0.0800. The summed E-state index contributed by atoms with van der Waals surface area (Å²) in [5, 5.41) is 8.24. The summed E-state index contributed by atoms with van der Waals surface area (Å²) in [6, 6.07) is 22.2. The number of carbonyl (C=O) groups is 2. The van der Waals surface area contributed by atoms with E-state index in [1.165, 1.54) is 24.3 Å². The molecule has 172 valence electrons. The van der Waals surface area contributed by atoms with E-state index in [1.54, 1.807) is 19.1 Å². The number of ether oxygens (including phenoxy) is 1. The molecule has 0 aliphatic carbocycles. The molecule has 9 heteroatoms. The molecule has 1 amide bonds. The first-order chi connectivity index (χ1) is 16.2. The third kappa shape index (κ3) is 4.95. The monoisotopic (exact) mass is 475 g/mol. The molecule has 0 fully saturated rings. The number of primary sulfonamides is 1. The van der Waals surface area contributed by atoms with E-state index in [0.717, 1.165) is 5.56 Å². The molecule has 34 heavy (non-hydrogen) atoms. The fourth-order valence-corrected chi connectivity index (χ4v) is 4.16. The Bertz CT molecular complexity index is 1500. The third-order valence-corrected chi connectivity index (χ3v) is 6.08. The first-order valence-electron chi connectivity index (χ1n) is 10.3. The summed E-state index contributed by atoms with van der Waals surface area (Å²) in [6.07, 6.45) is 0.